The van der Waals surface area contributed by atoms with Crippen LogP contribution in [-0.4, -0.2) is 35.3 Å². The van der Waals surface area contributed by atoms with Crippen molar-refractivity contribution in [1.29, 1.82) is 0 Å². The molecule has 0 bridgehead atoms. The third kappa shape index (κ3) is 6.74. The van der Waals surface area contributed by atoms with Crippen LogP contribution in [0.2, 0.25) is 0 Å². The lowest BCUT2D eigenvalue weighted by Gasteiger charge is -2.15. The first-order chi connectivity index (χ1) is 12.8. The Kier molecular flexibility index (Phi) is 9.30. The molecular formula is C18H26ClN5O3S. The first kappa shape index (κ1) is 23.8. The summed E-state index contributed by atoms with van der Waals surface area (Å²) in [6, 6.07) is 4.62. The fourth-order valence-corrected chi connectivity index (χ4v) is 3.18. The van der Waals surface area contributed by atoms with E-state index in [0.717, 1.165) is 16.6 Å². The molecule has 1 atom stereocenters. The molecule has 8 nitrogen and oxygen atoms in total. The van der Waals surface area contributed by atoms with Gasteiger partial charge in [-0.25, -0.2) is 4.98 Å². The van der Waals surface area contributed by atoms with Crippen molar-refractivity contribution in [2.24, 2.45) is 11.7 Å². The van der Waals surface area contributed by atoms with Crippen molar-refractivity contribution in [1.82, 2.24) is 10.3 Å². The van der Waals surface area contributed by atoms with E-state index in [1.807, 2.05) is 20.8 Å². The highest BCUT2D eigenvalue weighted by molar-refractivity contribution is 7.22. The standard InChI is InChI=1S/C18H25N5O3S.ClH/c1-4-5-14(24)23-18-22-12-7-6-11(8-13(12)27-18)21-15(25)9-20-17(26)16(19)10(2)3;/h6-8,10,16H,4-5,9,19H2,1-3H3,(H,20,26)(H,21,25)(H,22,23,24);1H/t16-;/m0./s1. The number of nitrogens with zero attached hydrogens (tertiary/aromatic N) is 1. The molecule has 0 radical (unpaired) electrons. The number of carbonyl (C=O) groups is 3. The van der Waals surface area contributed by atoms with Gasteiger partial charge in [0.1, 0.15) is 0 Å². The summed E-state index contributed by atoms with van der Waals surface area (Å²) in [6.07, 6.45) is 1.22. The van der Waals surface area contributed by atoms with Crippen LogP contribution < -0.4 is 21.7 Å². The van der Waals surface area contributed by atoms with E-state index in [0.29, 0.717) is 17.2 Å². The number of benzene rings is 1. The molecule has 5 N–H and O–H groups in total. The predicted molar refractivity (Wildman–Crippen MR) is 115 cm³/mol. The van der Waals surface area contributed by atoms with Crippen LogP contribution in [-0.2, 0) is 14.4 Å². The van der Waals surface area contributed by atoms with Gasteiger partial charge in [0.2, 0.25) is 17.7 Å². The van der Waals surface area contributed by atoms with Gasteiger partial charge in [-0.3, -0.25) is 14.4 Å². The lowest BCUT2D eigenvalue weighted by molar-refractivity contribution is -0.125. The summed E-state index contributed by atoms with van der Waals surface area (Å²) in [7, 11) is 0. The summed E-state index contributed by atoms with van der Waals surface area (Å²) in [6.45, 7) is 5.46. The van der Waals surface area contributed by atoms with Gasteiger partial charge < -0.3 is 21.7 Å². The lowest BCUT2D eigenvalue weighted by Crippen LogP contribution is -2.46. The molecule has 1 aromatic carbocycles. The van der Waals surface area contributed by atoms with Crippen LogP contribution in [0.5, 0.6) is 0 Å². The topological polar surface area (TPSA) is 126 Å². The molecule has 28 heavy (non-hydrogen) atoms. The van der Waals surface area contributed by atoms with Crippen LogP contribution in [0.1, 0.15) is 33.6 Å². The molecule has 1 aromatic heterocycles. The summed E-state index contributed by atoms with van der Waals surface area (Å²) in [5.74, 6) is -0.778. The van der Waals surface area contributed by atoms with Gasteiger partial charge in [-0.05, 0) is 30.5 Å². The molecule has 0 aliphatic rings. The number of hydrogen-bond acceptors (Lipinski definition) is 6. The molecule has 2 rings (SSSR count). The molecule has 10 heteroatoms. The summed E-state index contributed by atoms with van der Waals surface area (Å²) < 4.78 is 0.838. The molecule has 0 spiro atoms. The quantitative estimate of drug-likeness (QED) is 0.514. The van der Waals surface area contributed by atoms with Crippen molar-refractivity contribution < 1.29 is 14.4 Å². The summed E-state index contributed by atoms with van der Waals surface area (Å²) in [5.41, 5.74) is 7.06. The van der Waals surface area contributed by atoms with Gasteiger partial charge in [0, 0.05) is 12.1 Å². The molecule has 0 saturated carbocycles. The van der Waals surface area contributed by atoms with Gasteiger partial charge >= 0.3 is 0 Å². The Balaban J connectivity index is 0.00000392. The van der Waals surface area contributed by atoms with E-state index >= 15 is 0 Å². The minimum atomic E-state index is -0.646. The van der Waals surface area contributed by atoms with Crippen LogP contribution >= 0.6 is 23.7 Å². The largest absolute Gasteiger partial charge is 0.346 e. The van der Waals surface area contributed by atoms with Crippen molar-refractivity contribution in [3.63, 3.8) is 0 Å². The zero-order chi connectivity index (χ0) is 20.0. The van der Waals surface area contributed by atoms with Crippen LogP contribution in [0.4, 0.5) is 10.8 Å². The number of halogens is 1. The number of hydrogen-bond donors (Lipinski definition) is 4. The molecule has 2 aromatic rings. The van der Waals surface area contributed by atoms with Crippen molar-refractivity contribution in [3.05, 3.63) is 18.2 Å². The Hall–Kier alpha value is -2.23. The minimum absolute atomic E-state index is 0. The Morgan fingerprint density at radius 2 is 1.89 bits per heavy atom. The number of nitrogens with one attached hydrogen (secondary N) is 3. The maximum Gasteiger partial charge on any atom is 0.243 e. The highest BCUT2D eigenvalue weighted by atomic mass is 35.5. The Labute approximate surface area is 174 Å². The second kappa shape index (κ2) is 10.9. The predicted octanol–water partition coefficient (Wildman–Crippen LogP) is 2.49. The van der Waals surface area contributed by atoms with E-state index in [2.05, 4.69) is 20.9 Å². The zero-order valence-corrected chi connectivity index (χ0v) is 17.7. The van der Waals surface area contributed by atoms with Crippen molar-refractivity contribution >= 4 is 62.5 Å². The number of nitrogens with two attached hydrogens (primary N) is 1. The van der Waals surface area contributed by atoms with Gasteiger partial charge in [-0.2, -0.15) is 0 Å². The maximum absolute atomic E-state index is 12.0. The van der Waals surface area contributed by atoms with E-state index in [9.17, 15) is 14.4 Å². The van der Waals surface area contributed by atoms with Gasteiger partial charge in [0.05, 0.1) is 22.8 Å². The van der Waals surface area contributed by atoms with Crippen molar-refractivity contribution in [2.45, 2.75) is 39.7 Å². The number of carbonyl (C=O) groups excluding carboxylic acids is 3. The molecule has 154 valence electrons. The van der Waals surface area contributed by atoms with Gasteiger partial charge in [-0.15, -0.1) is 12.4 Å². The first-order valence-electron chi connectivity index (χ1n) is 8.83. The van der Waals surface area contributed by atoms with Crippen LogP contribution in [0.3, 0.4) is 0 Å². The average Bonchev–Trinajstić information content (AvgIpc) is 3.00. The Bertz CT molecular complexity index is 840. The fourth-order valence-electron chi connectivity index (χ4n) is 2.26. The molecule has 0 unspecified atom stereocenters. The SMILES string of the molecule is CCCC(=O)Nc1nc2ccc(NC(=O)CNC(=O)[C@@H](N)C(C)C)cc2s1.Cl. The third-order valence-corrected chi connectivity index (χ3v) is 4.77. The monoisotopic (exact) mass is 427 g/mol. The number of rotatable bonds is 8. The molecule has 0 aliphatic carbocycles. The molecule has 0 aliphatic heterocycles. The first-order valence-corrected chi connectivity index (χ1v) is 9.65. The van der Waals surface area contributed by atoms with Gasteiger partial charge in [0.15, 0.2) is 5.13 Å². The summed E-state index contributed by atoms with van der Waals surface area (Å²) >= 11 is 1.34. The second-order valence-electron chi connectivity index (χ2n) is 6.54. The van der Waals surface area contributed by atoms with Crippen molar-refractivity contribution in [2.75, 3.05) is 17.2 Å². The van der Waals surface area contributed by atoms with E-state index in [1.54, 1.807) is 18.2 Å². The van der Waals surface area contributed by atoms with Gasteiger partial charge in [0.25, 0.3) is 0 Å². The number of anilines is 2. The summed E-state index contributed by atoms with van der Waals surface area (Å²) in [4.78, 5) is 39.9. The van der Waals surface area contributed by atoms with Gasteiger partial charge in [-0.1, -0.05) is 32.1 Å². The molecule has 0 fully saturated rings. The molecule has 1 heterocycles. The zero-order valence-electron chi connectivity index (χ0n) is 16.1. The lowest BCUT2D eigenvalue weighted by atomic mass is 10.1. The smallest absolute Gasteiger partial charge is 0.243 e. The van der Waals surface area contributed by atoms with Crippen LogP contribution in [0.25, 0.3) is 10.2 Å². The van der Waals surface area contributed by atoms with Crippen molar-refractivity contribution in [3.8, 4) is 0 Å². The van der Waals surface area contributed by atoms with E-state index in [-0.39, 0.29) is 42.6 Å². The molecular weight excluding hydrogens is 402 g/mol. The van der Waals surface area contributed by atoms with E-state index in [1.165, 1.54) is 11.3 Å². The molecule has 3 amide bonds. The Morgan fingerprint density at radius 3 is 2.54 bits per heavy atom. The third-order valence-electron chi connectivity index (χ3n) is 3.84. The average molecular weight is 428 g/mol. The summed E-state index contributed by atoms with van der Waals surface area (Å²) in [5, 5.41) is 8.55. The maximum atomic E-state index is 12.0. The Morgan fingerprint density at radius 1 is 1.18 bits per heavy atom. The van der Waals surface area contributed by atoms with Crippen LogP contribution in [0.15, 0.2) is 18.2 Å². The van der Waals surface area contributed by atoms with E-state index in [4.69, 9.17) is 5.73 Å². The molecule has 0 saturated heterocycles. The van der Waals surface area contributed by atoms with Crippen LogP contribution in [0, 0.1) is 5.92 Å². The minimum Gasteiger partial charge on any atom is -0.346 e. The number of thiazole rings is 1. The number of aromatic nitrogens is 1. The fraction of sp³-hybridized carbons (Fsp3) is 0.444. The highest BCUT2D eigenvalue weighted by Crippen LogP contribution is 2.28. The van der Waals surface area contributed by atoms with E-state index < -0.39 is 6.04 Å². The second-order valence-corrected chi connectivity index (χ2v) is 7.57. The number of fused-ring (bicyclic) bond motifs is 1. The normalized spacial score (nSPS) is 11.6. The highest BCUT2D eigenvalue weighted by Gasteiger charge is 2.17. The number of amides is 3.